The summed E-state index contributed by atoms with van der Waals surface area (Å²) in [6.45, 7) is 0. The van der Waals surface area contributed by atoms with Crippen LogP contribution in [0.1, 0.15) is 5.56 Å². The monoisotopic (exact) mass is 254 g/mol. The predicted octanol–water partition coefficient (Wildman–Crippen LogP) is 1.75. The summed E-state index contributed by atoms with van der Waals surface area (Å²) in [7, 11) is -2.33. The lowest BCUT2D eigenvalue weighted by Crippen LogP contribution is -2.30. The third-order valence-corrected chi connectivity index (χ3v) is 4.59. The van der Waals surface area contributed by atoms with Gasteiger partial charge in [0.25, 0.3) is 10.0 Å². The zero-order chi connectivity index (χ0) is 11.9. The van der Waals surface area contributed by atoms with Gasteiger partial charge in [0, 0.05) is 12.6 Å². The van der Waals surface area contributed by atoms with Crippen molar-refractivity contribution in [2.45, 2.75) is 4.90 Å². The Morgan fingerprint density at radius 2 is 2.00 bits per heavy atom. The van der Waals surface area contributed by atoms with Gasteiger partial charge in [0.05, 0.1) is 9.93 Å². The molecule has 0 spiro atoms. The summed E-state index contributed by atoms with van der Waals surface area (Å²) in [5.74, 6) is 0. The molecule has 2 rings (SSSR count). The van der Waals surface area contributed by atoms with E-state index in [9.17, 15) is 8.42 Å². The Bertz CT molecular complexity index is 628. The molecule has 6 heteroatoms. The number of benzene rings is 1. The Kier molecular flexibility index (Phi) is 2.41. The number of rotatable bonds is 0. The Morgan fingerprint density at radius 1 is 1.38 bits per heavy atom. The third kappa shape index (κ3) is 1.31. The SMILES string of the molecule is CN1C(C#N)=C(Cl)c2ccccc2S1(=O)=O. The number of fused-ring (bicyclic) bond motifs is 1. The highest BCUT2D eigenvalue weighted by Crippen LogP contribution is 2.37. The summed E-state index contributed by atoms with van der Waals surface area (Å²) >= 11 is 5.99. The summed E-state index contributed by atoms with van der Waals surface area (Å²) in [4.78, 5) is 0.126. The van der Waals surface area contributed by atoms with Crippen molar-refractivity contribution >= 4 is 26.7 Å². The lowest BCUT2D eigenvalue weighted by Gasteiger charge is -2.25. The fourth-order valence-corrected chi connectivity index (χ4v) is 3.33. The smallest absolute Gasteiger partial charge is 0.258 e. The van der Waals surface area contributed by atoms with Gasteiger partial charge in [-0.1, -0.05) is 29.8 Å². The van der Waals surface area contributed by atoms with Crippen molar-refractivity contribution in [3.63, 3.8) is 0 Å². The summed E-state index contributed by atoms with van der Waals surface area (Å²) in [6.07, 6.45) is 0. The van der Waals surface area contributed by atoms with Gasteiger partial charge in [-0.2, -0.15) is 5.26 Å². The minimum absolute atomic E-state index is 0.0552. The molecule has 0 amide bonds. The average Bonchev–Trinajstić information content (AvgIpc) is 2.28. The van der Waals surface area contributed by atoms with E-state index >= 15 is 0 Å². The maximum atomic E-state index is 12.0. The summed E-state index contributed by atoms with van der Waals surface area (Å²) in [5.41, 5.74) is 0.319. The van der Waals surface area contributed by atoms with Crippen molar-refractivity contribution in [1.82, 2.24) is 4.31 Å². The molecule has 0 atom stereocenters. The molecule has 0 aromatic heterocycles. The quantitative estimate of drug-likeness (QED) is 0.709. The van der Waals surface area contributed by atoms with Crippen molar-refractivity contribution in [3.8, 4) is 6.07 Å². The Labute approximate surface area is 98.4 Å². The van der Waals surface area contributed by atoms with Gasteiger partial charge in [0.15, 0.2) is 0 Å². The normalized spacial score (nSPS) is 17.9. The molecule has 16 heavy (non-hydrogen) atoms. The molecule has 4 nitrogen and oxygen atoms in total. The van der Waals surface area contributed by atoms with Gasteiger partial charge in [-0.25, -0.2) is 8.42 Å². The van der Waals surface area contributed by atoms with Crippen LogP contribution in [0.25, 0.3) is 5.03 Å². The molecule has 82 valence electrons. The lowest BCUT2D eigenvalue weighted by atomic mass is 10.2. The summed E-state index contributed by atoms with van der Waals surface area (Å²) in [6, 6.07) is 8.14. The minimum Gasteiger partial charge on any atom is -0.258 e. The molecule has 0 bridgehead atoms. The lowest BCUT2D eigenvalue weighted by molar-refractivity contribution is 0.528. The highest BCUT2D eigenvalue weighted by molar-refractivity contribution is 7.89. The first-order valence-electron chi connectivity index (χ1n) is 4.38. The molecule has 0 unspecified atom stereocenters. The fraction of sp³-hybridized carbons (Fsp3) is 0.100. The van der Waals surface area contributed by atoms with Gasteiger partial charge >= 0.3 is 0 Å². The second kappa shape index (κ2) is 3.51. The molecule has 0 saturated carbocycles. The Hall–Kier alpha value is -1.51. The first-order chi connectivity index (χ1) is 7.50. The van der Waals surface area contributed by atoms with Crippen LogP contribution in [0.15, 0.2) is 34.9 Å². The molecular weight excluding hydrogens is 248 g/mol. The first-order valence-corrected chi connectivity index (χ1v) is 6.20. The fourth-order valence-electron chi connectivity index (χ4n) is 1.53. The van der Waals surface area contributed by atoms with Crippen molar-refractivity contribution in [2.24, 2.45) is 0 Å². The Balaban J connectivity index is 2.89. The topological polar surface area (TPSA) is 61.2 Å². The average molecular weight is 255 g/mol. The van der Waals surface area contributed by atoms with Crippen LogP contribution in [0.2, 0.25) is 0 Å². The number of nitriles is 1. The molecular formula is C10H7ClN2O2S. The molecule has 1 aliphatic rings. The minimum atomic E-state index is -3.65. The van der Waals surface area contributed by atoms with Crippen molar-refractivity contribution in [2.75, 3.05) is 7.05 Å². The zero-order valence-corrected chi connectivity index (χ0v) is 9.88. The van der Waals surface area contributed by atoms with Crippen molar-refractivity contribution in [1.29, 1.82) is 5.26 Å². The van der Waals surface area contributed by atoms with Gasteiger partial charge < -0.3 is 0 Å². The van der Waals surface area contributed by atoms with E-state index in [-0.39, 0.29) is 15.6 Å². The highest BCUT2D eigenvalue weighted by Gasteiger charge is 2.33. The van der Waals surface area contributed by atoms with E-state index in [1.54, 1.807) is 24.3 Å². The molecule has 0 saturated heterocycles. The van der Waals surface area contributed by atoms with Crippen LogP contribution in [-0.4, -0.2) is 19.8 Å². The second-order valence-electron chi connectivity index (χ2n) is 3.24. The van der Waals surface area contributed by atoms with E-state index < -0.39 is 10.0 Å². The number of hydrogen-bond acceptors (Lipinski definition) is 3. The first kappa shape index (κ1) is 11.0. The Morgan fingerprint density at radius 3 is 2.62 bits per heavy atom. The number of halogens is 1. The second-order valence-corrected chi connectivity index (χ2v) is 5.56. The van der Waals surface area contributed by atoms with Crippen LogP contribution in [0.4, 0.5) is 0 Å². The third-order valence-electron chi connectivity index (χ3n) is 2.39. The van der Waals surface area contributed by atoms with E-state index in [2.05, 4.69) is 0 Å². The summed E-state index contributed by atoms with van der Waals surface area (Å²) < 4.78 is 24.9. The van der Waals surface area contributed by atoms with Crippen LogP contribution in [0, 0.1) is 11.3 Å². The molecule has 1 heterocycles. The largest absolute Gasteiger partial charge is 0.265 e. The molecule has 0 fully saturated rings. The van der Waals surface area contributed by atoms with Crippen molar-refractivity contribution < 1.29 is 8.42 Å². The van der Waals surface area contributed by atoms with E-state index in [1.165, 1.54) is 13.1 Å². The maximum absolute atomic E-state index is 12.0. The van der Waals surface area contributed by atoms with E-state index in [4.69, 9.17) is 16.9 Å². The van der Waals surface area contributed by atoms with E-state index in [1.807, 2.05) is 0 Å². The molecule has 0 N–H and O–H groups in total. The van der Waals surface area contributed by atoms with Crippen LogP contribution in [0.3, 0.4) is 0 Å². The summed E-state index contributed by atoms with van der Waals surface area (Å²) in [5, 5.41) is 9.05. The molecule has 1 aromatic rings. The molecule has 0 aliphatic carbocycles. The van der Waals surface area contributed by atoms with Gasteiger partial charge in [0.1, 0.15) is 11.8 Å². The van der Waals surface area contributed by atoms with Crippen LogP contribution in [-0.2, 0) is 10.0 Å². The van der Waals surface area contributed by atoms with E-state index in [0.717, 1.165) is 4.31 Å². The number of sulfonamides is 1. The van der Waals surface area contributed by atoms with Crippen LogP contribution < -0.4 is 0 Å². The van der Waals surface area contributed by atoms with Gasteiger partial charge in [-0.05, 0) is 6.07 Å². The molecule has 1 aromatic carbocycles. The van der Waals surface area contributed by atoms with E-state index in [0.29, 0.717) is 5.56 Å². The predicted molar refractivity (Wildman–Crippen MR) is 59.8 cm³/mol. The number of nitrogens with zero attached hydrogens (tertiary/aromatic N) is 2. The van der Waals surface area contributed by atoms with Gasteiger partial charge in [0.2, 0.25) is 0 Å². The van der Waals surface area contributed by atoms with Gasteiger partial charge in [-0.3, -0.25) is 4.31 Å². The molecule has 0 radical (unpaired) electrons. The maximum Gasteiger partial charge on any atom is 0.265 e. The van der Waals surface area contributed by atoms with Crippen molar-refractivity contribution in [3.05, 3.63) is 35.5 Å². The zero-order valence-electron chi connectivity index (χ0n) is 8.31. The van der Waals surface area contributed by atoms with Crippen LogP contribution >= 0.6 is 11.6 Å². The standard InChI is InChI=1S/C10H7ClN2O2S/c1-13-8(6-12)10(11)7-4-2-3-5-9(7)16(13,14)15/h2-5H,1H3. The molecule has 1 aliphatic heterocycles. The number of hydrogen-bond donors (Lipinski definition) is 0. The highest BCUT2D eigenvalue weighted by atomic mass is 35.5. The van der Waals surface area contributed by atoms with Crippen LogP contribution in [0.5, 0.6) is 0 Å². The number of allylic oxidation sites excluding steroid dienone is 1. The van der Waals surface area contributed by atoms with Gasteiger partial charge in [-0.15, -0.1) is 0 Å².